The fourth-order valence-electron chi connectivity index (χ4n) is 4.73. The molecule has 1 aliphatic carbocycles. The smallest absolute Gasteiger partial charge is 0.225 e. The molecule has 4 rings (SSSR count). The SMILES string of the molecule is CN=C(NCC1(c2cccc(OC)c2)CCCC1)N1CCN(c2ncccn2)CC1. The largest absolute Gasteiger partial charge is 0.497 e. The highest BCUT2D eigenvalue weighted by molar-refractivity contribution is 5.80. The number of anilines is 1. The Morgan fingerprint density at radius 2 is 1.83 bits per heavy atom. The summed E-state index contributed by atoms with van der Waals surface area (Å²) < 4.78 is 5.48. The van der Waals surface area contributed by atoms with Crippen LogP contribution < -0.4 is 15.0 Å². The number of guanidine groups is 1. The molecule has 2 heterocycles. The van der Waals surface area contributed by atoms with E-state index >= 15 is 0 Å². The highest BCUT2D eigenvalue weighted by Gasteiger charge is 2.36. The maximum absolute atomic E-state index is 5.48. The Hall–Kier alpha value is -2.83. The van der Waals surface area contributed by atoms with Crippen molar-refractivity contribution in [1.29, 1.82) is 0 Å². The Kier molecular flexibility index (Phi) is 6.35. The van der Waals surface area contributed by atoms with Gasteiger partial charge in [-0.25, -0.2) is 9.97 Å². The first-order chi connectivity index (χ1) is 14.7. The number of ether oxygens (including phenoxy) is 1. The van der Waals surface area contributed by atoms with Gasteiger partial charge in [0.1, 0.15) is 5.75 Å². The molecule has 0 spiro atoms. The number of methoxy groups -OCH3 is 1. The zero-order chi connectivity index (χ0) is 20.8. The molecule has 0 amide bonds. The second-order valence-electron chi connectivity index (χ2n) is 8.14. The van der Waals surface area contributed by atoms with Gasteiger partial charge in [-0.1, -0.05) is 25.0 Å². The fourth-order valence-corrected chi connectivity index (χ4v) is 4.73. The van der Waals surface area contributed by atoms with E-state index in [1.165, 1.54) is 31.2 Å². The molecule has 30 heavy (non-hydrogen) atoms. The van der Waals surface area contributed by atoms with Crippen LogP contribution in [-0.4, -0.2) is 67.7 Å². The summed E-state index contributed by atoms with van der Waals surface area (Å²) in [6.45, 7) is 4.50. The summed E-state index contributed by atoms with van der Waals surface area (Å²) in [5.74, 6) is 2.73. The van der Waals surface area contributed by atoms with E-state index in [1.807, 2.05) is 19.2 Å². The van der Waals surface area contributed by atoms with Crippen molar-refractivity contribution in [2.45, 2.75) is 31.1 Å². The third kappa shape index (κ3) is 4.35. The van der Waals surface area contributed by atoms with Gasteiger partial charge in [0.25, 0.3) is 0 Å². The molecule has 7 nitrogen and oxygen atoms in total. The number of hydrogen-bond donors (Lipinski definition) is 1. The summed E-state index contributed by atoms with van der Waals surface area (Å²) in [4.78, 5) is 17.9. The van der Waals surface area contributed by atoms with Crippen molar-refractivity contribution in [3.8, 4) is 5.75 Å². The normalized spacial score (nSPS) is 19.1. The Labute approximate surface area is 179 Å². The average Bonchev–Trinajstić information content (AvgIpc) is 3.31. The minimum atomic E-state index is 0.143. The number of aliphatic imine (C=N–C) groups is 1. The molecule has 160 valence electrons. The molecule has 7 heteroatoms. The molecule has 1 aromatic heterocycles. The van der Waals surface area contributed by atoms with Gasteiger partial charge in [-0.2, -0.15) is 0 Å². The Balaban J connectivity index is 1.40. The number of rotatable bonds is 5. The van der Waals surface area contributed by atoms with Crippen molar-refractivity contribution in [2.24, 2.45) is 4.99 Å². The van der Waals surface area contributed by atoms with Crippen molar-refractivity contribution in [2.75, 3.05) is 51.8 Å². The lowest BCUT2D eigenvalue weighted by molar-refractivity contribution is 0.357. The van der Waals surface area contributed by atoms with E-state index in [0.717, 1.165) is 50.4 Å². The first-order valence-electron chi connectivity index (χ1n) is 10.9. The van der Waals surface area contributed by atoms with Crippen LogP contribution in [-0.2, 0) is 5.41 Å². The Bertz CT molecular complexity index is 842. The van der Waals surface area contributed by atoms with Crippen LogP contribution in [0.5, 0.6) is 5.75 Å². The Morgan fingerprint density at radius 1 is 1.10 bits per heavy atom. The third-order valence-electron chi connectivity index (χ3n) is 6.45. The predicted molar refractivity (Wildman–Crippen MR) is 120 cm³/mol. The van der Waals surface area contributed by atoms with Crippen LogP contribution in [0.25, 0.3) is 0 Å². The summed E-state index contributed by atoms with van der Waals surface area (Å²) in [6, 6.07) is 10.4. The molecule has 0 bridgehead atoms. The first kappa shape index (κ1) is 20.4. The lowest BCUT2D eigenvalue weighted by Gasteiger charge is -2.38. The van der Waals surface area contributed by atoms with Crippen molar-refractivity contribution in [3.05, 3.63) is 48.3 Å². The van der Waals surface area contributed by atoms with E-state index in [9.17, 15) is 0 Å². The van der Waals surface area contributed by atoms with E-state index in [-0.39, 0.29) is 5.41 Å². The lowest BCUT2D eigenvalue weighted by Crippen LogP contribution is -2.54. The second-order valence-corrected chi connectivity index (χ2v) is 8.14. The number of nitrogens with zero attached hydrogens (tertiary/aromatic N) is 5. The van der Waals surface area contributed by atoms with Crippen LogP contribution in [0.1, 0.15) is 31.2 Å². The third-order valence-corrected chi connectivity index (χ3v) is 6.45. The molecule has 1 N–H and O–H groups in total. The summed E-state index contributed by atoms with van der Waals surface area (Å²) in [5, 5.41) is 3.70. The standard InChI is InChI=1S/C23H32N6O/c1-24-21(28-13-15-29(16-14-28)22-25-11-6-12-26-22)27-18-23(9-3-4-10-23)19-7-5-8-20(17-19)30-2/h5-8,11-12,17H,3-4,9-10,13-16,18H2,1-2H3,(H,24,27). The number of hydrogen-bond acceptors (Lipinski definition) is 5. The van der Waals surface area contributed by atoms with Gasteiger partial charge in [0.05, 0.1) is 7.11 Å². The molecule has 2 aliphatic rings. The fraction of sp³-hybridized carbons (Fsp3) is 0.522. The van der Waals surface area contributed by atoms with Crippen molar-refractivity contribution in [1.82, 2.24) is 20.2 Å². The monoisotopic (exact) mass is 408 g/mol. The topological polar surface area (TPSA) is 65.9 Å². The summed E-state index contributed by atoms with van der Waals surface area (Å²) in [5.41, 5.74) is 1.51. The van der Waals surface area contributed by atoms with E-state index in [4.69, 9.17) is 4.74 Å². The van der Waals surface area contributed by atoms with Crippen LogP contribution in [0.4, 0.5) is 5.95 Å². The molecule has 2 fully saturated rings. The predicted octanol–water partition coefficient (Wildman–Crippen LogP) is 2.69. The summed E-state index contributed by atoms with van der Waals surface area (Å²) in [6.07, 6.45) is 8.54. The minimum absolute atomic E-state index is 0.143. The van der Waals surface area contributed by atoms with Gasteiger partial charge in [0.15, 0.2) is 5.96 Å². The number of nitrogens with one attached hydrogen (secondary N) is 1. The van der Waals surface area contributed by atoms with E-state index in [1.54, 1.807) is 19.5 Å². The van der Waals surface area contributed by atoms with Gasteiger partial charge in [0, 0.05) is 57.6 Å². The zero-order valence-corrected chi connectivity index (χ0v) is 18.0. The first-order valence-corrected chi connectivity index (χ1v) is 10.9. The van der Waals surface area contributed by atoms with Crippen LogP contribution in [0.3, 0.4) is 0 Å². The second kappa shape index (κ2) is 9.32. The highest BCUT2D eigenvalue weighted by atomic mass is 16.5. The number of piperazine rings is 1. The molecule has 1 aromatic carbocycles. The molecule has 0 radical (unpaired) electrons. The average molecular weight is 409 g/mol. The maximum Gasteiger partial charge on any atom is 0.225 e. The lowest BCUT2D eigenvalue weighted by atomic mass is 9.78. The molecular formula is C23H32N6O. The van der Waals surface area contributed by atoms with E-state index < -0.39 is 0 Å². The highest BCUT2D eigenvalue weighted by Crippen LogP contribution is 2.41. The van der Waals surface area contributed by atoms with Crippen LogP contribution in [0, 0.1) is 0 Å². The molecule has 1 aliphatic heterocycles. The molecule has 1 saturated carbocycles. The van der Waals surface area contributed by atoms with Gasteiger partial charge in [-0.15, -0.1) is 0 Å². The summed E-state index contributed by atoms with van der Waals surface area (Å²) >= 11 is 0. The van der Waals surface area contributed by atoms with Crippen LogP contribution >= 0.6 is 0 Å². The molecule has 0 unspecified atom stereocenters. The van der Waals surface area contributed by atoms with Gasteiger partial charge >= 0.3 is 0 Å². The van der Waals surface area contributed by atoms with Crippen molar-refractivity contribution in [3.63, 3.8) is 0 Å². The molecule has 0 atom stereocenters. The Morgan fingerprint density at radius 3 is 2.50 bits per heavy atom. The summed E-state index contributed by atoms with van der Waals surface area (Å²) in [7, 11) is 3.61. The van der Waals surface area contributed by atoms with Gasteiger partial charge in [0.2, 0.25) is 5.95 Å². The van der Waals surface area contributed by atoms with Crippen LogP contribution in [0.2, 0.25) is 0 Å². The van der Waals surface area contributed by atoms with E-state index in [0.29, 0.717) is 0 Å². The van der Waals surface area contributed by atoms with Gasteiger partial charge in [-0.05, 0) is 36.6 Å². The van der Waals surface area contributed by atoms with Crippen molar-refractivity contribution < 1.29 is 4.74 Å². The zero-order valence-electron chi connectivity index (χ0n) is 18.0. The number of benzene rings is 1. The molecule has 2 aromatic rings. The van der Waals surface area contributed by atoms with Crippen molar-refractivity contribution >= 4 is 11.9 Å². The van der Waals surface area contributed by atoms with E-state index in [2.05, 4.69) is 48.3 Å². The quantitative estimate of drug-likeness (QED) is 0.606. The van der Waals surface area contributed by atoms with Gasteiger partial charge in [-0.3, -0.25) is 4.99 Å². The van der Waals surface area contributed by atoms with Gasteiger partial charge < -0.3 is 19.9 Å². The maximum atomic E-state index is 5.48. The molecule has 1 saturated heterocycles. The minimum Gasteiger partial charge on any atom is -0.497 e. The van der Waals surface area contributed by atoms with Crippen LogP contribution in [0.15, 0.2) is 47.7 Å². The molecular weight excluding hydrogens is 376 g/mol. The number of aromatic nitrogens is 2.